The molecule has 1 saturated heterocycles. The molecule has 28 heavy (non-hydrogen) atoms. The van der Waals surface area contributed by atoms with Gasteiger partial charge in [-0.15, -0.1) is 0 Å². The van der Waals surface area contributed by atoms with Crippen molar-refractivity contribution in [3.63, 3.8) is 0 Å². The van der Waals surface area contributed by atoms with Crippen molar-refractivity contribution in [1.29, 1.82) is 0 Å². The normalized spacial score (nSPS) is 19.1. The lowest BCUT2D eigenvalue weighted by Crippen LogP contribution is -2.41. The smallest absolute Gasteiger partial charge is 0.231 e. The monoisotopic (exact) mass is 400 g/mol. The summed E-state index contributed by atoms with van der Waals surface area (Å²) >= 11 is 6.07. The lowest BCUT2D eigenvalue weighted by Gasteiger charge is -2.34. The molecule has 0 aliphatic carbocycles. The Bertz CT molecular complexity index is 856. The van der Waals surface area contributed by atoms with Gasteiger partial charge in [0, 0.05) is 35.9 Å². The number of carbonyl (C=O) groups is 1. The second-order valence-corrected chi connectivity index (χ2v) is 7.78. The molecule has 0 saturated carbocycles. The molecule has 5 nitrogen and oxygen atoms in total. The van der Waals surface area contributed by atoms with Crippen molar-refractivity contribution in [2.24, 2.45) is 0 Å². The topological polar surface area (TPSA) is 50.8 Å². The Kier molecular flexibility index (Phi) is 5.36. The summed E-state index contributed by atoms with van der Waals surface area (Å²) in [4.78, 5) is 15.1. The molecular formula is C22H25ClN2O3. The first-order valence-electron chi connectivity index (χ1n) is 9.65. The van der Waals surface area contributed by atoms with E-state index in [0.717, 1.165) is 54.2 Å². The summed E-state index contributed by atoms with van der Waals surface area (Å²) in [6, 6.07) is 11.6. The van der Waals surface area contributed by atoms with E-state index in [1.807, 2.05) is 41.3 Å². The lowest BCUT2D eigenvalue weighted by atomic mass is 9.87. The molecule has 2 aliphatic rings. The average molecular weight is 401 g/mol. The van der Waals surface area contributed by atoms with Crippen LogP contribution in [0.15, 0.2) is 36.4 Å². The number of hydrogen-bond donors (Lipinski definition) is 1. The standard InChI is InChI=1S/C22H25ClN2O3/c1-27-19-4-3-5-20(28-2)21(19)14-8-10-25(11-9-14)22(26)17-13-24-18-12-15(23)6-7-16(17)18/h3-7,12,14,17,24H,8-11,13H2,1-2H3. The van der Waals surface area contributed by atoms with E-state index in [9.17, 15) is 4.79 Å². The van der Waals surface area contributed by atoms with Gasteiger partial charge < -0.3 is 19.7 Å². The van der Waals surface area contributed by atoms with E-state index in [1.54, 1.807) is 14.2 Å². The van der Waals surface area contributed by atoms with E-state index < -0.39 is 0 Å². The number of halogens is 1. The maximum absolute atomic E-state index is 13.1. The van der Waals surface area contributed by atoms with E-state index in [-0.39, 0.29) is 11.8 Å². The fraction of sp³-hybridized carbons (Fsp3) is 0.409. The van der Waals surface area contributed by atoms with Gasteiger partial charge in [-0.1, -0.05) is 23.7 Å². The summed E-state index contributed by atoms with van der Waals surface area (Å²) in [5.74, 6) is 2.09. The lowest BCUT2D eigenvalue weighted by molar-refractivity contribution is -0.133. The molecule has 2 aromatic carbocycles. The molecule has 4 rings (SSSR count). The SMILES string of the molecule is COc1cccc(OC)c1C1CCN(C(=O)C2CNc3cc(Cl)ccc32)CC1. The summed E-state index contributed by atoms with van der Waals surface area (Å²) in [6.07, 6.45) is 1.80. The molecule has 1 unspecified atom stereocenters. The summed E-state index contributed by atoms with van der Waals surface area (Å²) in [7, 11) is 3.38. The van der Waals surface area contributed by atoms with E-state index >= 15 is 0 Å². The van der Waals surface area contributed by atoms with Gasteiger partial charge in [-0.3, -0.25) is 4.79 Å². The van der Waals surface area contributed by atoms with Crippen LogP contribution in [0.25, 0.3) is 0 Å². The molecule has 148 valence electrons. The van der Waals surface area contributed by atoms with Crippen LogP contribution in [0.3, 0.4) is 0 Å². The minimum atomic E-state index is -0.135. The maximum atomic E-state index is 13.1. The number of amides is 1. The fourth-order valence-corrected chi connectivity index (χ4v) is 4.59. The zero-order valence-electron chi connectivity index (χ0n) is 16.2. The minimum absolute atomic E-state index is 0.135. The zero-order chi connectivity index (χ0) is 19.7. The van der Waals surface area contributed by atoms with Gasteiger partial charge in [0.1, 0.15) is 11.5 Å². The average Bonchev–Trinajstić information content (AvgIpc) is 3.15. The first-order valence-corrected chi connectivity index (χ1v) is 10.0. The van der Waals surface area contributed by atoms with Crippen molar-refractivity contribution in [1.82, 2.24) is 4.90 Å². The van der Waals surface area contributed by atoms with E-state index in [2.05, 4.69) is 5.32 Å². The number of nitrogens with one attached hydrogen (secondary N) is 1. The van der Waals surface area contributed by atoms with Crippen LogP contribution in [0.1, 0.15) is 35.8 Å². The molecule has 1 atom stereocenters. The van der Waals surface area contributed by atoms with Crippen LogP contribution in [0.5, 0.6) is 11.5 Å². The molecule has 0 radical (unpaired) electrons. The third-order valence-electron chi connectivity index (χ3n) is 5.87. The summed E-state index contributed by atoms with van der Waals surface area (Å²) in [5.41, 5.74) is 3.13. The number of benzene rings is 2. The first-order chi connectivity index (χ1) is 13.6. The number of likely N-dealkylation sites (tertiary alicyclic amines) is 1. The third kappa shape index (κ3) is 3.39. The number of carbonyl (C=O) groups excluding carboxylic acids is 1. The summed E-state index contributed by atoms with van der Waals surface area (Å²) in [6.45, 7) is 2.11. The van der Waals surface area contributed by atoms with E-state index in [0.29, 0.717) is 17.5 Å². The van der Waals surface area contributed by atoms with E-state index in [4.69, 9.17) is 21.1 Å². The Morgan fingerprint density at radius 3 is 2.43 bits per heavy atom. The van der Waals surface area contributed by atoms with Gasteiger partial charge in [0.25, 0.3) is 0 Å². The molecule has 2 aromatic rings. The van der Waals surface area contributed by atoms with Gasteiger partial charge in [0.15, 0.2) is 0 Å². The van der Waals surface area contributed by atoms with Gasteiger partial charge in [-0.25, -0.2) is 0 Å². The molecule has 2 aliphatic heterocycles. The largest absolute Gasteiger partial charge is 0.496 e. The first kappa shape index (κ1) is 18.9. The van der Waals surface area contributed by atoms with Crippen LogP contribution < -0.4 is 14.8 Å². The highest BCUT2D eigenvalue weighted by atomic mass is 35.5. The van der Waals surface area contributed by atoms with Crippen LogP contribution in [0.2, 0.25) is 5.02 Å². The Morgan fingerprint density at radius 2 is 1.79 bits per heavy atom. The number of hydrogen-bond acceptors (Lipinski definition) is 4. The number of ether oxygens (including phenoxy) is 2. The van der Waals surface area contributed by atoms with Crippen molar-refractivity contribution in [2.75, 3.05) is 39.2 Å². The molecule has 6 heteroatoms. The molecule has 1 amide bonds. The molecule has 0 spiro atoms. The van der Waals surface area contributed by atoms with Crippen molar-refractivity contribution >= 4 is 23.2 Å². The summed E-state index contributed by atoms with van der Waals surface area (Å²) < 4.78 is 11.1. The van der Waals surface area contributed by atoms with E-state index in [1.165, 1.54) is 0 Å². The van der Waals surface area contributed by atoms with Crippen LogP contribution >= 0.6 is 11.6 Å². The van der Waals surface area contributed by atoms with Crippen molar-refractivity contribution in [2.45, 2.75) is 24.7 Å². The molecular weight excluding hydrogens is 376 g/mol. The predicted octanol–water partition coefficient (Wildman–Crippen LogP) is 4.27. The number of piperidine rings is 1. The fourth-order valence-electron chi connectivity index (χ4n) is 4.42. The van der Waals surface area contributed by atoms with Crippen LogP contribution in [-0.2, 0) is 4.79 Å². The minimum Gasteiger partial charge on any atom is -0.496 e. The number of methoxy groups -OCH3 is 2. The third-order valence-corrected chi connectivity index (χ3v) is 6.10. The quantitative estimate of drug-likeness (QED) is 0.832. The van der Waals surface area contributed by atoms with Gasteiger partial charge >= 0.3 is 0 Å². The molecule has 0 aromatic heterocycles. The Hall–Kier alpha value is -2.40. The highest BCUT2D eigenvalue weighted by Gasteiger charge is 2.34. The molecule has 1 fully saturated rings. The highest BCUT2D eigenvalue weighted by molar-refractivity contribution is 6.30. The van der Waals surface area contributed by atoms with Crippen LogP contribution in [-0.4, -0.2) is 44.7 Å². The molecule has 0 bridgehead atoms. The van der Waals surface area contributed by atoms with Gasteiger partial charge in [0.2, 0.25) is 5.91 Å². The van der Waals surface area contributed by atoms with Crippen molar-refractivity contribution < 1.29 is 14.3 Å². The Morgan fingerprint density at radius 1 is 1.11 bits per heavy atom. The number of rotatable bonds is 4. The van der Waals surface area contributed by atoms with Gasteiger partial charge in [0.05, 0.1) is 20.1 Å². The van der Waals surface area contributed by atoms with Gasteiger partial charge in [-0.05, 0) is 48.6 Å². The summed E-state index contributed by atoms with van der Waals surface area (Å²) in [5, 5.41) is 4.00. The van der Waals surface area contributed by atoms with Crippen LogP contribution in [0, 0.1) is 0 Å². The maximum Gasteiger partial charge on any atom is 0.231 e. The second kappa shape index (κ2) is 7.92. The molecule has 2 heterocycles. The number of fused-ring (bicyclic) bond motifs is 1. The Labute approximate surface area is 170 Å². The molecule has 1 N–H and O–H groups in total. The van der Waals surface area contributed by atoms with Gasteiger partial charge in [-0.2, -0.15) is 0 Å². The highest BCUT2D eigenvalue weighted by Crippen LogP contribution is 2.41. The van der Waals surface area contributed by atoms with Crippen LogP contribution in [0.4, 0.5) is 5.69 Å². The predicted molar refractivity (Wildman–Crippen MR) is 111 cm³/mol. The zero-order valence-corrected chi connectivity index (χ0v) is 17.0. The second-order valence-electron chi connectivity index (χ2n) is 7.34. The number of nitrogens with zero attached hydrogens (tertiary/aromatic N) is 1. The van der Waals surface area contributed by atoms with Crippen molar-refractivity contribution in [3.05, 3.63) is 52.5 Å². The number of anilines is 1. The Balaban J connectivity index is 1.47. The van der Waals surface area contributed by atoms with Crippen molar-refractivity contribution in [3.8, 4) is 11.5 Å².